The second-order valence-electron chi connectivity index (χ2n) is 8.82. The van der Waals surface area contributed by atoms with Crippen molar-refractivity contribution in [2.24, 2.45) is 0 Å². The van der Waals surface area contributed by atoms with Gasteiger partial charge in [0.1, 0.15) is 18.1 Å². The summed E-state index contributed by atoms with van der Waals surface area (Å²) in [5, 5.41) is 20.9. The second-order valence-corrected chi connectivity index (χ2v) is 8.82. The molecule has 188 valence electrons. The number of carbonyl (C=O) groups excluding carboxylic acids is 1. The third kappa shape index (κ3) is 3.90. The molecular formula is C27H21N7O4. The van der Waals surface area contributed by atoms with E-state index in [9.17, 15) is 4.79 Å². The third-order valence-electron chi connectivity index (χ3n) is 6.42. The van der Waals surface area contributed by atoms with Gasteiger partial charge in [-0.3, -0.25) is 13.9 Å². The van der Waals surface area contributed by atoms with E-state index in [1.807, 2.05) is 77.3 Å². The molecule has 0 unspecified atom stereocenters. The second kappa shape index (κ2) is 9.04. The topological polar surface area (TPSA) is 122 Å². The normalized spacial score (nSPS) is 12.4. The molecule has 0 radical (unpaired) electrons. The molecule has 7 rings (SSSR count). The Hall–Kier alpha value is -5.19. The quantitative estimate of drug-likeness (QED) is 0.349. The van der Waals surface area contributed by atoms with Crippen molar-refractivity contribution in [1.29, 1.82) is 0 Å². The van der Waals surface area contributed by atoms with Crippen molar-refractivity contribution in [2.75, 3.05) is 13.3 Å². The molecule has 0 spiro atoms. The van der Waals surface area contributed by atoms with Gasteiger partial charge >= 0.3 is 0 Å². The van der Waals surface area contributed by atoms with E-state index in [1.165, 1.54) is 0 Å². The number of hydrogen-bond acceptors (Lipinski definition) is 8. The van der Waals surface area contributed by atoms with Crippen LogP contribution in [0.5, 0.6) is 11.5 Å². The molecule has 0 saturated heterocycles. The first-order valence-electron chi connectivity index (χ1n) is 12.1. The van der Waals surface area contributed by atoms with Crippen LogP contribution in [0.3, 0.4) is 0 Å². The van der Waals surface area contributed by atoms with E-state index in [2.05, 4.69) is 25.8 Å². The Morgan fingerprint density at radius 2 is 1.87 bits per heavy atom. The highest BCUT2D eigenvalue weighted by molar-refractivity contribution is 6.04. The standard InChI is InChI=1S/C27H21N7O4/c35-27(28-11-10-25-30-29-24-7-3-4-12-33(24)25)26-19-5-1-2-6-21(19)34(31-26)15-18-14-20(32-38-18)17-8-9-22-23(13-17)37-16-36-22/h1-9,12-14H,10-11,15-16H2,(H,28,35). The Labute approximate surface area is 215 Å². The van der Waals surface area contributed by atoms with Gasteiger partial charge in [-0.05, 0) is 36.4 Å². The van der Waals surface area contributed by atoms with Crippen LogP contribution in [-0.4, -0.2) is 48.8 Å². The molecule has 6 aromatic rings. The van der Waals surface area contributed by atoms with E-state index in [0.717, 1.165) is 27.9 Å². The number of ether oxygens (including phenoxy) is 2. The van der Waals surface area contributed by atoms with Crippen molar-refractivity contribution in [3.63, 3.8) is 0 Å². The summed E-state index contributed by atoms with van der Waals surface area (Å²) in [7, 11) is 0. The Balaban J connectivity index is 1.09. The molecule has 11 heteroatoms. The van der Waals surface area contributed by atoms with Gasteiger partial charge in [-0.1, -0.05) is 29.4 Å². The van der Waals surface area contributed by atoms with Gasteiger partial charge in [0.05, 0.1) is 5.52 Å². The summed E-state index contributed by atoms with van der Waals surface area (Å²) in [5.74, 6) is 2.52. The number of aromatic nitrogens is 6. The van der Waals surface area contributed by atoms with Crippen LogP contribution < -0.4 is 14.8 Å². The molecule has 4 aromatic heterocycles. The number of carbonyl (C=O) groups is 1. The molecule has 1 aliphatic heterocycles. The predicted octanol–water partition coefficient (Wildman–Crippen LogP) is 3.48. The Bertz CT molecular complexity index is 1800. The van der Waals surface area contributed by atoms with Crippen molar-refractivity contribution in [1.82, 2.24) is 34.9 Å². The molecule has 2 aromatic carbocycles. The maximum Gasteiger partial charge on any atom is 0.272 e. The first-order chi connectivity index (χ1) is 18.7. The Morgan fingerprint density at radius 1 is 0.974 bits per heavy atom. The van der Waals surface area contributed by atoms with Gasteiger partial charge in [0.15, 0.2) is 28.6 Å². The molecule has 0 bridgehead atoms. The number of pyridine rings is 1. The monoisotopic (exact) mass is 507 g/mol. The lowest BCUT2D eigenvalue weighted by molar-refractivity contribution is 0.0949. The fourth-order valence-electron chi connectivity index (χ4n) is 4.58. The van der Waals surface area contributed by atoms with Crippen LogP contribution in [0.4, 0.5) is 0 Å². The number of rotatable bonds is 7. The van der Waals surface area contributed by atoms with Crippen LogP contribution in [0.1, 0.15) is 22.1 Å². The molecule has 38 heavy (non-hydrogen) atoms. The van der Waals surface area contributed by atoms with E-state index in [-0.39, 0.29) is 12.7 Å². The summed E-state index contributed by atoms with van der Waals surface area (Å²) in [6.07, 6.45) is 2.44. The third-order valence-corrected chi connectivity index (χ3v) is 6.42. The van der Waals surface area contributed by atoms with Crippen LogP contribution in [0.25, 0.3) is 27.8 Å². The zero-order valence-corrected chi connectivity index (χ0v) is 20.1. The zero-order chi connectivity index (χ0) is 25.5. The highest BCUT2D eigenvalue weighted by Crippen LogP contribution is 2.35. The summed E-state index contributed by atoms with van der Waals surface area (Å²) >= 11 is 0. The van der Waals surface area contributed by atoms with E-state index in [1.54, 1.807) is 4.68 Å². The molecule has 0 aliphatic carbocycles. The van der Waals surface area contributed by atoms with Crippen LogP contribution in [0, 0.1) is 0 Å². The predicted molar refractivity (Wildman–Crippen MR) is 136 cm³/mol. The van der Waals surface area contributed by atoms with Crippen molar-refractivity contribution in [3.8, 4) is 22.8 Å². The average Bonchev–Trinajstić information content (AvgIpc) is 3.75. The van der Waals surface area contributed by atoms with Crippen molar-refractivity contribution >= 4 is 22.5 Å². The SMILES string of the molecule is O=C(NCCc1nnc2ccccn12)c1nn(Cc2cc(-c3ccc4c(c3)OCO4)no2)c2ccccc12. The van der Waals surface area contributed by atoms with Crippen LogP contribution in [0.15, 0.2) is 77.4 Å². The summed E-state index contributed by atoms with van der Waals surface area (Å²) in [4.78, 5) is 13.1. The van der Waals surface area contributed by atoms with Gasteiger partial charge in [-0.2, -0.15) is 5.10 Å². The lowest BCUT2D eigenvalue weighted by Crippen LogP contribution is -2.27. The summed E-state index contributed by atoms with van der Waals surface area (Å²) in [6, 6.07) is 20.8. The molecule has 0 fully saturated rings. The fraction of sp³-hybridized carbons (Fsp3) is 0.148. The number of nitrogens with zero attached hydrogens (tertiary/aromatic N) is 6. The zero-order valence-electron chi connectivity index (χ0n) is 20.1. The number of hydrogen-bond donors (Lipinski definition) is 1. The average molecular weight is 508 g/mol. The molecule has 11 nitrogen and oxygen atoms in total. The van der Waals surface area contributed by atoms with E-state index < -0.39 is 0 Å². The minimum absolute atomic E-state index is 0.211. The summed E-state index contributed by atoms with van der Waals surface area (Å²) in [6.45, 7) is 0.927. The van der Waals surface area contributed by atoms with Gasteiger partial charge in [0, 0.05) is 36.2 Å². The van der Waals surface area contributed by atoms with Crippen LogP contribution in [-0.2, 0) is 13.0 Å². The van der Waals surface area contributed by atoms with Gasteiger partial charge in [0.2, 0.25) is 6.79 Å². The van der Waals surface area contributed by atoms with Gasteiger partial charge in [0.25, 0.3) is 5.91 Å². The van der Waals surface area contributed by atoms with Crippen molar-refractivity contribution < 1.29 is 18.8 Å². The largest absolute Gasteiger partial charge is 0.454 e. The lowest BCUT2D eigenvalue weighted by atomic mass is 10.1. The van der Waals surface area contributed by atoms with Gasteiger partial charge in [-0.25, -0.2) is 0 Å². The number of amides is 1. The molecule has 1 N–H and O–H groups in total. The molecule has 5 heterocycles. The van der Waals surface area contributed by atoms with Gasteiger partial charge in [-0.15, -0.1) is 10.2 Å². The van der Waals surface area contributed by atoms with Crippen molar-refractivity contribution in [2.45, 2.75) is 13.0 Å². The fourth-order valence-corrected chi connectivity index (χ4v) is 4.58. The van der Waals surface area contributed by atoms with E-state index in [0.29, 0.717) is 48.2 Å². The lowest BCUT2D eigenvalue weighted by Gasteiger charge is -2.03. The Morgan fingerprint density at radius 3 is 2.84 bits per heavy atom. The van der Waals surface area contributed by atoms with Crippen molar-refractivity contribution in [3.05, 3.63) is 90.2 Å². The summed E-state index contributed by atoms with van der Waals surface area (Å²) in [5.41, 5.74) is 3.47. The molecular weight excluding hydrogens is 486 g/mol. The molecule has 1 aliphatic rings. The number of nitrogens with one attached hydrogen (secondary N) is 1. The minimum atomic E-state index is -0.257. The number of para-hydroxylation sites is 1. The maximum absolute atomic E-state index is 13.1. The van der Waals surface area contributed by atoms with Gasteiger partial charge < -0.3 is 19.3 Å². The number of benzene rings is 2. The highest BCUT2D eigenvalue weighted by atomic mass is 16.7. The minimum Gasteiger partial charge on any atom is -0.454 e. The molecule has 1 amide bonds. The van der Waals surface area contributed by atoms with E-state index >= 15 is 0 Å². The summed E-state index contributed by atoms with van der Waals surface area (Å²) < 4.78 is 20.1. The maximum atomic E-state index is 13.1. The Kier molecular flexibility index (Phi) is 5.24. The smallest absolute Gasteiger partial charge is 0.272 e. The molecule has 0 atom stereocenters. The first-order valence-corrected chi connectivity index (χ1v) is 12.1. The molecule has 0 saturated carbocycles. The first kappa shape index (κ1) is 22.0. The van der Waals surface area contributed by atoms with Crippen LogP contribution >= 0.6 is 0 Å². The number of fused-ring (bicyclic) bond motifs is 3. The van der Waals surface area contributed by atoms with E-state index in [4.69, 9.17) is 14.0 Å². The van der Waals surface area contributed by atoms with Crippen LogP contribution in [0.2, 0.25) is 0 Å². The highest BCUT2D eigenvalue weighted by Gasteiger charge is 2.19.